The number of nitrogens with zero attached hydrogens (tertiary/aromatic N) is 1. The van der Waals surface area contributed by atoms with Gasteiger partial charge in [-0.05, 0) is 30.5 Å². The molecule has 1 heterocycles. The number of nitrogens with one attached hydrogen (secondary N) is 2. The third-order valence-electron chi connectivity index (χ3n) is 2.55. The summed E-state index contributed by atoms with van der Waals surface area (Å²) in [5, 5.41) is 10.0. The maximum Gasteiger partial charge on any atom is 0.101 e. The molecule has 86 valence electrons. The summed E-state index contributed by atoms with van der Waals surface area (Å²) < 4.78 is 3.26. The zero-order valence-electron chi connectivity index (χ0n) is 9.58. The Morgan fingerprint density at radius 2 is 2.41 bits per heavy atom. The van der Waals surface area contributed by atoms with Crippen LogP contribution in [-0.4, -0.2) is 10.7 Å². The van der Waals surface area contributed by atoms with Gasteiger partial charge in [0, 0.05) is 17.3 Å². The van der Waals surface area contributed by atoms with Crippen LogP contribution in [0.25, 0.3) is 10.9 Å². The Kier molecular flexibility index (Phi) is 3.40. The molecule has 0 bridgehead atoms. The Balaban J connectivity index is 2.45. The van der Waals surface area contributed by atoms with E-state index in [1.165, 1.54) is 0 Å². The lowest BCUT2D eigenvalue weighted by Crippen LogP contribution is -1.90. The van der Waals surface area contributed by atoms with Crippen LogP contribution in [0.15, 0.2) is 31.0 Å². The van der Waals surface area contributed by atoms with Gasteiger partial charge in [0.05, 0.1) is 16.8 Å². The predicted molar refractivity (Wildman–Crippen MR) is 74.0 cm³/mol. The van der Waals surface area contributed by atoms with Crippen molar-refractivity contribution in [3.63, 3.8) is 0 Å². The molecule has 0 saturated carbocycles. The number of hydrogen-bond acceptors (Lipinski definition) is 3. The van der Waals surface area contributed by atoms with Gasteiger partial charge in [0.1, 0.15) is 6.07 Å². The Labute approximate surface area is 105 Å². The van der Waals surface area contributed by atoms with E-state index in [2.05, 4.69) is 22.4 Å². The molecule has 0 aliphatic rings. The monoisotopic (exact) mass is 243 g/mol. The quantitative estimate of drug-likeness (QED) is 0.490. The average Bonchev–Trinajstić information content (AvgIpc) is 2.77. The second-order valence-electron chi connectivity index (χ2n) is 3.70. The topological polar surface area (TPSA) is 51.6 Å². The highest BCUT2D eigenvalue weighted by atomic mass is 32.2. The fraction of sp³-hybridized carbons (Fsp3) is 0.154. The van der Waals surface area contributed by atoms with Crippen molar-refractivity contribution < 1.29 is 0 Å². The van der Waals surface area contributed by atoms with E-state index in [0.717, 1.165) is 27.9 Å². The zero-order valence-corrected chi connectivity index (χ0v) is 10.4. The minimum Gasteiger partial charge on any atom is -0.358 e. The third kappa shape index (κ3) is 2.15. The van der Waals surface area contributed by atoms with Crippen molar-refractivity contribution in [2.45, 2.75) is 6.92 Å². The number of aryl methyl sites for hydroxylation is 1. The lowest BCUT2D eigenvalue weighted by Gasteiger charge is -2.07. The highest BCUT2D eigenvalue weighted by molar-refractivity contribution is 8.00. The molecule has 0 saturated heterocycles. The highest BCUT2D eigenvalue weighted by Gasteiger charge is 2.09. The van der Waals surface area contributed by atoms with E-state index in [-0.39, 0.29) is 0 Å². The number of hydrogen-bond donors (Lipinski definition) is 2. The van der Waals surface area contributed by atoms with Gasteiger partial charge in [-0.3, -0.25) is 0 Å². The molecule has 1 aromatic heterocycles. The summed E-state index contributed by atoms with van der Waals surface area (Å²) in [6.07, 6.45) is 3.60. The van der Waals surface area contributed by atoms with Gasteiger partial charge in [-0.25, -0.2) is 0 Å². The van der Waals surface area contributed by atoms with E-state index in [1.807, 2.05) is 25.1 Å². The maximum absolute atomic E-state index is 9.05. The van der Waals surface area contributed by atoms with E-state index in [0.29, 0.717) is 5.56 Å². The minimum atomic E-state index is 0.690. The Morgan fingerprint density at radius 3 is 3.12 bits per heavy atom. The third-order valence-corrected chi connectivity index (χ3v) is 3.31. The number of H-pyrrole nitrogens is 1. The van der Waals surface area contributed by atoms with Crippen molar-refractivity contribution >= 4 is 28.5 Å². The smallest absolute Gasteiger partial charge is 0.101 e. The first-order valence-corrected chi connectivity index (χ1v) is 6.26. The van der Waals surface area contributed by atoms with Gasteiger partial charge in [-0.1, -0.05) is 12.1 Å². The molecule has 0 spiro atoms. The van der Waals surface area contributed by atoms with Gasteiger partial charge < -0.3 is 9.71 Å². The molecule has 3 nitrogen and oxygen atoms in total. The van der Waals surface area contributed by atoms with Crippen molar-refractivity contribution in [2.24, 2.45) is 0 Å². The Bertz CT molecular complexity index is 592. The fourth-order valence-corrected chi connectivity index (χ4v) is 2.30. The second kappa shape index (κ2) is 4.98. The molecule has 0 radical (unpaired) electrons. The van der Waals surface area contributed by atoms with E-state index in [4.69, 9.17) is 5.26 Å². The zero-order chi connectivity index (χ0) is 12.3. The number of aromatic amines is 1. The lowest BCUT2D eigenvalue weighted by molar-refractivity contribution is 1.44. The number of rotatable bonds is 4. The van der Waals surface area contributed by atoms with E-state index in [1.54, 1.807) is 18.1 Å². The number of fused-ring (bicyclic) bond motifs is 1. The molecule has 0 atom stereocenters. The van der Waals surface area contributed by atoms with Crippen LogP contribution in [0.4, 0.5) is 5.69 Å². The summed E-state index contributed by atoms with van der Waals surface area (Å²) in [6, 6.07) is 6.24. The average molecular weight is 243 g/mol. The molecule has 4 heteroatoms. The van der Waals surface area contributed by atoms with Crippen LogP contribution in [0.3, 0.4) is 0 Å². The summed E-state index contributed by atoms with van der Waals surface area (Å²) in [5.41, 5.74) is 3.78. The normalized spacial score (nSPS) is 10.1. The highest BCUT2D eigenvalue weighted by Crippen LogP contribution is 2.29. The van der Waals surface area contributed by atoms with Crippen LogP contribution in [0.1, 0.15) is 11.1 Å². The molecular formula is C13H13N3S. The summed E-state index contributed by atoms with van der Waals surface area (Å²) in [7, 11) is 0. The fourth-order valence-electron chi connectivity index (χ4n) is 1.77. The van der Waals surface area contributed by atoms with Crippen LogP contribution in [0.5, 0.6) is 0 Å². The number of nitriles is 1. The van der Waals surface area contributed by atoms with E-state index >= 15 is 0 Å². The number of benzene rings is 1. The van der Waals surface area contributed by atoms with Gasteiger partial charge in [0.25, 0.3) is 0 Å². The molecule has 2 aromatic rings. The molecule has 0 aliphatic heterocycles. The van der Waals surface area contributed by atoms with Crippen LogP contribution in [0, 0.1) is 18.3 Å². The second-order valence-corrected chi connectivity index (χ2v) is 4.52. The van der Waals surface area contributed by atoms with Crippen molar-refractivity contribution in [1.29, 1.82) is 5.26 Å². The molecule has 1 aromatic carbocycles. The van der Waals surface area contributed by atoms with Gasteiger partial charge in [-0.2, -0.15) is 5.26 Å². The number of anilines is 1. The molecule has 0 aliphatic carbocycles. The Morgan fingerprint density at radius 1 is 1.59 bits per heavy atom. The molecule has 0 unspecified atom stereocenters. The molecule has 0 amide bonds. The van der Waals surface area contributed by atoms with Crippen LogP contribution < -0.4 is 4.72 Å². The lowest BCUT2D eigenvalue weighted by atomic mass is 10.1. The van der Waals surface area contributed by atoms with Crippen molar-refractivity contribution in [2.75, 3.05) is 10.5 Å². The van der Waals surface area contributed by atoms with Crippen molar-refractivity contribution in [3.8, 4) is 6.07 Å². The van der Waals surface area contributed by atoms with E-state index in [9.17, 15) is 0 Å². The van der Waals surface area contributed by atoms with Crippen molar-refractivity contribution in [1.82, 2.24) is 4.98 Å². The molecule has 0 fully saturated rings. The van der Waals surface area contributed by atoms with E-state index < -0.39 is 0 Å². The molecule has 2 rings (SSSR count). The number of aromatic nitrogens is 1. The van der Waals surface area contributed by atoms with Crippen LogP contribution >= 0.6 is 11.9 Å². The summed E-state index contributed by atoms with van der Waals surface area (Å²) in [4.78, 5) is 3.15. The van der Waals surface area contributed by atoms with Gasteiger partial charge in [-0.15, -0.1) is 6.58 Å². The molecular weight excluding hydrogens is 230 g/mol. The van der Waals surface area contributed by atoms with Crippen LogP contribution in [0.2, 0.25) is 0 Å². The van der Waals surface area contributed by atoms with Crippen LogP contribution in [-0.2, 0) is 0 Å². The summed E-state index contributed by atoms with van der Waals surface area (Å²) in [6.45, 7) is 5.69. The maximum atomic E-state index is 9.05. The largest absolute Gasteiger partial charge is 0.358 e. The van der Waals surface area contributed by atoms with Gasteiger partial charge in [0.15, 0.2) is 0 Å². The Hall–Kier alpha value is -1.86. The first-order valence-electron chi connectivity index (χ1n) is 5.27. The first-order chi connectivity index (χ1) is 8.27. The predicted octanol–water partition coefficient (Wildman–Crippen LogP) is 3.59. The molecule has 17 heavy (non-hydrogen) atoms. The SMILES string of the molecule is C=CCSNc1ccc(C)c2c(C#N)c[nH]c12. The standard InChI is InChI=1S/C13H13N3S/c1-3-6-17-16-11-5-4-9(2)12-10(7-14)8-15-13(11)12/h3-5,8,15-16H,1,6H2,2H3. The van der Waals surface area contributed by atoms with Crippen molar-refractivity contribution in [3.05, 3.63) is 42.1 Å². The summed E-state index contributed by atoms with van der Waals surface area (Å²) >= 11 is 1.57. The summed E-state index contributed by atoms with van der Waals surface area (Å²) in [5.74, 6) is 0.835. The van der Waals surface area contributed by atoms with Gasteiger partial charge >= 0.3 is 0 Å². The van der Waals surface area contributed by atoms with Gasteiger partial charge in [0.2, 0.25) is 0 Å². The first kappa shape index (κ1) is 11.6. The molecule has 2 N–H and O–H groups in total. The minimum absolute atomic E-state index is 0.690.